The van der Waals surface area contributed by atoms with Crippen molar-refractivity contribution in [2.24, 2.45) is 0 Å². The number of benzene rings is 1. The Bertz CT molecular complexity index is 1480. The van der Waals surface area contributed by atoms with E-state index in [1.807, 2.05) is 41.2 Å². The molecule has 0 saturated heterocycles. The van der Waals surface area contributed by atoms with E-state index < -0.39 is 0 Å². The van der Waals surface area contributed by atoms with Crippen LogP contribution in [0.3, 0.4) is 0 Å². The second kappa shape index (κ2) is 10.5. The molecule has 9 nitrogen and oxygen atoms in total. The molecule has 0 spiro atoms. The van der Waals surface area contributed by atoms with E-state index in [4.69, 9.17) is 9.84 Å². The number of fused-ring (bicyclic) bond motifs is 3. The number of rotatable bonds is 7. The number of thiazole rings is 1. The second-order valence-electron chi connectivity index (χ2n) is 8.69. The van der Waals surface area contributed by atoms with Gasteiger partial charge in [0.2, 0.25) is 5.91 Å². The van der Waals surface area contributed by atoms with E-state index in [1.54, 1.807) is 25.3 Å². The number of carbonyl (C=O) groups excluding carboxylic acids is 2. The number of anilines is 1. The number of hydrogen-bond donors (Lipinski definition) is 1. The largest absolute Gasteiger partial charge is 0.383 e. The van der Waals surface area contributed by atoms with Crippen molar-refractivity contribution in [3.05, 3.63) is 64.0 Å². The fourth-order valence-electron chi connectivity index (χ4n) is 4.34. The Hall–Kier alpha value is -3.41. The molecule has 2 amide bonds. The van der Waals surface area contributed by atoms with Gasteiger partial charge in [-0.15, -0.1) is 0 Å². The molecule has 1 aromatic carbocycles. The Morgan fingerprint density at radius 1 is 1.27 bits per heavy atom. The van der Waals surface area contributed by atoms with E-state index >= 15 is 0 Å². The first-order chi connectivity index (χ1) is 17.9. The Labute approximate surface area is 226 Å². The van der Waals surface area contributed by atoms with Crippen molar-refractivity contribution in [2.75, 3.05) is 32.6 Å². The van der Waals surface area contributed by atoms with Gasteiger partial charge in [-0.2, -0.15) is 5.10 Å². The molecule has 1 aliphatic rings. The van der Waals surface area contributed by atoms with E-state index in [2.05, 4.69) is 31.2 Å². The summed E-state index contributed by atoms with van der Waals surface area (Å²) >= 11 is 5.13. The lowest BCUT2D eigenvalue weighted by atomic mass is 9.95. The monoisotopic (exact) mass is 580 g/mol. The number of aromatic nitrogens is 4. The summed E-state index contributed by atoms with van der Waals surface area (Å²) in [5.41, 5.74) is 6.11. The average Bonchev–Trinajstić information content (AvgIpc) is 3.47. The van der Waals surface area contributed by atoms with E-state index in [0.29, 0.717) is 23.8 Å². The van der Waals surface area contributed by atoms with Crippen LogP contribution in [0.2, 0.25) is 0 Å². The third-order valence-electron chi connectivity index (χ3n) is 6.13. The van der Waals surface area contributed by atoms with Crippen LogP contribution in [0.1, 0.15) is 28.5 Å². The minimum absolute atomic E-state index is 0.0902. The number of nitrogens with one attached hydrogen (secondary N) is 1. The molecule has 5 rings (SSSR count). The first-order valence-electron chi connectivity index (χ1n) is 11.7. The number of ether oxygens (including phenoxy) is 1. The molecule has 1 N–H and O–H groups in total. The van der Waals surface area contributed by atoms with Crippen LogP contribution in [-0.2, 0) is 22.4 Å². The van der Waals surface area contributed by atoms with Crippen molar-refractivity contribution in [1.29, 1.82) is 0 Å². The summed E-state index contributed by atoms with van der Waals surface area (Å²) in [5, 5.41) is 8.42. The third-order valence-corrected chi connectivity index (χ3v) is 7.78. The Morgan fingerprint density at radius 3 is 2.81 bits per heavy atom. The van der Waals surface area contributed by atoms with Gasteiger partial charge in [-0.05, 0) is 59.1 Å². The van der Waals surface area contributed by atoms with Gasteiger partial charge in [-0.3, -0.25) is 14.6 Å². The molecular formula is C26H25BrN6O3S. The van der Waals surface area contributed by atoms with Gasteiger partial charge in [0.15, 0.2) is 5.13 Å². The van der Waals surface area contributed by atoms with Crippen LogP contribution in [-0.4, -0.2) is 63.8 Å². The summed E-state index contributed by atoms with van der Waals surface area (Å²) in [7, 11) is 3.37. The summed E-state index contributed by atoms with van der Waals surface area (Å²) in [6, 6.07) is 9.41. The Balaban J connectivity index is 1.62. The SMILES string of the molecule is COCCN(C)C(=O)c1ccc(-n2nc(-c3cccnc3)c3c2-c2sc(NC(C)=O)nc2CC3)c(Br)c1. The van der Waals surface area contributed by atoms with Gasteiger partial charge in [-0.1, -0.05) is 11.3 Å². The van der Waals surface area contributed by atoms with Crippen molar-refractivity contribution >= 4 is 44.2 Å². The van der Waals surface area contributed by atoms with Crippen LogP contribution in [0.15, 0.2) is 47.2 Å². The molecule has 0 atom stereocenters. The topological polar surface area (TPSA) is 102 Å². The lowest BCUT2D eigenvalue weighted by Gasteiger charge is -2.18. The minimum Gasteiger partial charge on any atom is -0.383 e. The molecule has 4 aromatic rings. The predicted molar refractivity (Wildman–Crippen MR) is 146 cm³/mol. The maximum atomic E-state index is 12.9. The molecule has 37 heavy (non-hydrogen) atoms. The van der Waals surface area contributed by atoms with E-state index in [1.165, 1.54) is 18.3 Å². The summed E-state index contributed by atoms with van der Waals surface area (Å²) < 4.78 is 7.73. The fraction of sp³-hybridized carbons (Fsp3) is 0.269. The lowest BCUT2D eigenvalue weighted by molar-refractivity contribution is -0.114. The zero-order valence-electron chi connectivity index (χ0n) is 20.6. The van der Waals surface area contributed by atoms with Gasteiger partial charge < -0.3 is 15.0 Å². The van der Waals surface area contributed by atoms with Crippen LogP contribution >= 0.6 is 27.3 Å². The second-order valence-corrected chi connectivity index (χ2v) is 10.5. The van der Waals surface area contributed by atoms with Gasteiger partial charge in [0.05, 0.1) is 34.3 Å². The summed E-state index contributed by atoms with van der Waals surface area (Å²) in [4.78, 5) is 36.1. The van der Waals surface area contributed by atoms with E-state index in [-0.39, 0.29) is 11.8 Å². The summed E-state index contributed by atoms with van der Waals surface area (Å²) in [6.45, 7) is 2.44. The van der Waals surface area contributed by atoms with Crippen molar-refractivity contribution in [1.82, 2.24) is 24.6 Å². The highest BCUT2D eigenvalue weighted by Crippen LogP contribution is 2.44. The fourth-order valence-corrected chi connectivity index (χ4v) is 6.01. The first kappa shape index (κ1) is 25.2. The molecule has 3 aromatic heterocycles. The number of aryl methyl sites for hydroxylation is 1. The average molecular weight is 581 g/mol. The normalized spacial score (nSPS) is 12.1. The summed E-state index contributed by atoms with van der Waals surface area (Å²) in [5.74, 6) is -0.248. The molecule has 1 aliphatic carbocycles. The summed E-state index contributed by atoms with van der Waals surface area (Å²) in [6.07, 6.45) is 5.06. The Kier molecular flexibility index (Phi) is 7.18. The number of hydrogen-bond acceptors (Lipinski definition) is 7. The smallest absolute Gasteiger partial charge is 0.253 e. The van der Waals surface area contributed by atoms with Gasteiger partial charge >= 0.3 is 0 Å². The Morgan fingerprint density at radius 2 is 2.11 bits per heavy atom. The zero-order valence-corrected chi connectivity index (χ0v) is 23.0. The number of pyridine rings is 1. The minimum atomic E-state index is -0.158. The third kappa shape index (κ3) is 4.94. The number of amides is 2. The highest BCUT2D eigenvalue weighted by molar-refractivity contribution is 9.10. The molecule has 0 aliphatic heterocycles. The van der Waals surface area contributed by atoms with Crippen molar-refractivity contribution in [3.63, 3.8) is 0 Å². The number of nitrogens with zero attached hydrogens (tertiary/aromatic N) is 5. The van der Waals surface area contributed by atoms with Crippen molar-refractivity contribution in [3.8, 4) is 27.5 Å². The molecule has 3 heterocycles. The quantitative estimate of drug-likeness (QED) is 0.343. The molecule has 190 valence electrons. The zero-order chi connectivity index (χ0) is 26.1. The molecule has 0 fully saturated rings. The molecule has 11 heteroatoms. The van der Waals surface area contributed by atoms with Crippen LogP contribution in [0, 0.1) is 0 Å². The lowest BCUT2D eigenvalue weighted by Crippen LogP contribution is -2.29. The van der Waals surface area contributed by atoms with Crippen LogP contribution in [0.25, 0.3) is 27.5 Å². The highest BCUT2D eigenvalue weighted by Gasteiger charge is 2.30. The van der Waals surface area contributed by atoms with Gasteiger partial charge in [0.1, 0.15) is 0 Å². The molecule has 0 radical (unpaired) electrons. The van der Waals surface area contributed by atoms with E-state index in [0.717, 1.165) is 56.1 Å². The molecule has 0 saturated carbocycles. The van der Waals surface area contributed by atoms with Crippen LogP contribution in [0.5, 0.6) is 0 Å². The number of methoxy groups -OCH3 is 1. The number of carbonyl (C=O) groups is 2. The van der Waals surface area contributed by atoms with Crippen molar-refractivity contribution in [2.45, 2.75) is 19.8 Å². The number of likely N-dealkylation sites (N-methyl/N-ethyl adjacent to an activating group) is 1. The predicted octanol–water partition coefficient (Wildman–Crippen LogP) is 4.60. The van der Waals surface area contributed by atoms with Gasteiger partial charge in [0, 0.05) is 61.2 Å². The maximum absolute atomic E-state index is 12.9. The molecule has 0 bridgehead atoms. The van der Waals surface area contributed by atoms with E-state index in [9.17, 15) is 9.59 Å². The molecular weight excluding hydrogens is 556 g/mol. The highest BCUT2D eigenvalue weighted by atomic mass is 79.9. The van der Waals surface area contributed by atoms with Gasteiger partial charge in [-0.25, -0.2) is 9.67 Å². The van der Waals surface area contributed by atoms with Crippen molar-refractivity contribution < 1.29 is 14.3 Å². The van der Waals surface area contributed by atoms with Crippen LogP contribution < -0.4 is 5.32 Å². The standard InChI is InChI=1S/C26H25BrN6O3S/c1-15(34)29-26-30-20-8-7-18-22(17-5-4-10-28-14-17)31-33(23(18)24(20)37-26)21-9-6-16(13-19(21)27)25(35)32(2)11-12-36-3/h4-6,9-10,13-14H,7-8,11-12H2,1-3H3,(H,29,30,34). The number of halogens is 1. The van der Waals surface area contributed by atoms with Crippen LogP contribution in [0.4, 0.5) is 5.13 Å². The maximum Gasteiger partial charge on any atom is 0.253 e. The van der Waals surface area contributed by atoms with Gasteiger partial charge in [0.25, 0.3) is 5.91 Å². The first-order valence-corrected chi connectivity index (χ1v) is 13.3. The molecule has 0 unspecified atom stereocenters.